The molecular formula is C19H27N3O4. The van der Waals surface area contributed by atoms with Crippen LogP contribution in [0.2, 0.25) is 0 Å². The summed E-state index contributed by atoms with van der Waals surface area (Å²) in [6.45, 7) is 7.27. The van der Waals surface area contributed by atoms with Gasteiger partial charge in [0, 0.05) is 24.7 Å². The van der Waals surface area contributed by atoms with E-state index in [-0.39, 0.29) is 6.04 Å². The number of carbonyl (C=O) groups is 2. The van der Waals surface area contributed by atoms with Gasteiger partial charge in [0.1, 0.15) is 5.60 Å². The molecule has 1 aromatic carbocycles. The smallest absolute Gasteiger partial charge is 0.415 e. The van der Waals surface area contributed by atoms with E-state index < -0.39 is 17.7 Å². The predicted octanol–water partition coefficient (Wildman–Crippen LogP) is 3.56. The van der Waals surface area contributed by atoms with Gasteiger partial charge < -0.3 is 9.57 Å². The average molecular weight is 361 g/mol. The lowest BCUT2D eigenvalue weighted by Gasteiger charge is -2.21. The maximum atomic E-state index is 12.6. The fraction of sp³-hybridized carbons (Fsp3) is 0.474. The van der Waals surface area contributed by atoms with Crippen LogP contribution in [0.25, 0.3) is 10.9 Å². The standard InChI is InChI=1S/C19H27N3O4/c1-13(21(5)25-6)11-14-12-22(16-10-8-7-9-15(14)16)17(23)20-18(24)26-19(2,3)4/h7-10,12-13H,11H2,1-6H3,(H,20,23,24)/t13-/m1/s1. The summed E-state index contributed by atoms with van der Waals surface area (Å²) in [5.74, 6) is 0. The van der Waals surface area contributed by atoms with Gasteiger partial charge >= 0.3 is 12.1 Å². The topological polar surface area (TPSA) is 72.8 Å². The molecule has 0 aliphatic rings. The number of hydroxylamine groups is 2. The number of imide groups is 1. The molecule has 7 heteroatoms. The van der Waals surface area contributed by atoms with Crippen molar-refractivity contribution in [2.75, 3.05) is 14.2 Å². The number of nitrogens with zero attached hydrogens (tertiary/aromatic N) is 2. The van der Waals surface area contributed by atoms with Gasteiger partial charge in [-0.2, -0.15) is 5.06 Å². The second-order valence-electron chi connectivity index (χ2n) is 7.26. The largest absolute Gasteiger partial charge is 0.443 e. The SMILES string of the molecule is CON(C)[C@H](C)Cc1cn(C(=O)NC(=O)OC(C)(C)C)c2ccccc12. The van der Waals surface area contributed by atoms with Crippen molar-refractivity contribution in [3.8, 4) is 0 Å². The maximum Gasteiger partial charge on any atom is 0.415 e. The Labute approximate surface area is 153 Å². The Morgan fingerprint density at radius 2 is 1.92 bits per heavy atom. The van der Waals surface area contributed by atoms with E-state index in [0.29, 0.717) is 6.42 Å². The van der Waals surface area contributed by atoms with Crippen LogP contribution in [0.15, 0.2) is 30.5 Å². The van der Waals surface area contributed by atoms with Crippen LogP contribution in [-0.4, -0.2) is 47.6 Å². The molecule has 142 valence electrons. The summed E-state index contributed by atoms with van der Waals surface area (Å²) < 4.78 is 6.59. The molecule has 0 radical (unpaired) electrons. The fourth-order valence-electron chi connectivity index (χ4n) is 2.66. The maximum absolute atomic E-state index is 12.6. The third kappa shape index (κ3) is 4.83. The summed E-state index contributed by atoms with van der Waals surface area (Å²) in [6, 6.07) is 7.16. The second-order valence-corrected chi connectivity index (χ2v) is 7.26. The van der Waals surface area contributed by atoms with Crippen molar-refractivity contribution in [3.63, 3.8) is 0 Å². The van der Waals surface area contributed by atoms with E-state index in [1.54, 1.807) is 39.1 Å². The fourth-order valence-corrected chi connectivity index (χ4v) is 2.66. The van der Waals surface area contributed by atoms with Gasteiger partial charge in [-0.3, -0.25) is 4.57 Å². The van der Waals surface area contributed by atoms with Crippen molar-refractivity contribution < 1.29 is 19.2 Å². The minimum absolute atomic E-state index is 0.119. The van der Waals surface area contributed by atoms with Crippen molar-refractivity contribution in [2.24, 2.45) is 0 Å². The van der Waals surface area contributed by atoms with Gasteiger partial charge in [0.25, 0.3) is 0 Å². The molecule has 0 fully saturated rings. The minimum atomic E-state index is -0.769. The molecule has 0 saturated heterocycles. The Balaban J connectivity index is 2.28. The van der Waals surface area contributed by atoms with Crippen LogP contribution in [0.1, 0.15) is 33.3 Å². The summed E-state index contributed by atoms with van der Waals surface area (Å²) in [4.78, 5) is 29.7. The molecule has 2 aromatic rings. The highest BCUT2D eigenvalue weighted by atomic mass is 16.7. The second kappa shape index (κ2) is 7.88. The highest BCUT2D eigenvalue weighted by Gasteiger charge is 2.21. The normalized spacial score (nSPS) is 13.0. The predicted molar refractivity (Wildman–Crippen MR) is 100 cm³/mol. The van der Waals surface area contributed by atoms with Crippen LogP contribution in [0.3, 0.4) is 0 Å². The lowest BCUT2D eigenvalue weighted by Crippen LogP contribution is -2.38. The van der Waals surface area contributed by atoms with E-state index in [2.05, 4.69) is 5.32 Å². The number of para-hydroxylation sites is 1. The Bertz CT molecular complexity index is 792. The molecule has 1 heterocycles. The molecule has 0 bridgehead atoms. The van der Waals surface area contributed by atoms with E-state index in [0.717, 1.165) is 16.5 Å². The molecule has 0 spiro atoms. The van der Waals surface area contributed by atoms with Gasteiger partial charge in [0.15, 0.2) is 0 Å². The highest BCUT2D eigenvalue weighted by molar-refractivity contribution is 5.99. The number of amides is 2. The monoisotopic (exact) mass is 361 g/mol. The number of aromatic nitrogens is 1. The van der Waals surface area contributed by atoms with Crippen LogP contribution < -0.4 is 5.32 Å². The molecule has 1 atom stereocenters. The number of hydrogen-bond acceptors (Lipinski definition) is 5. The Morgan fingerprint density at radius 1 is 1.27 bits per heavy atom. The molecule has 2 rings (SSSR count). The van der Waals surface area contributed by atoms with Crippen molar-refractivity contribution in [1.29, 1.82) is 0 Å². The van der Waals surface area contributed by atoms with Crippen LogP contribution >= 0.6 is 0 Å². The summed E-state index contributed by atoms with van der Waals surface area (Å²) >= 11 is 0. The number of ether oxygens (including phenoxy) is 1. The first-order valence-corrected chi connectivity index (χ1v) is 8.52. The molecular weight excluding hydrogens is 334 g/mol. The number of nitrogens with one attached hydrogen (secondary N) is 1. The number of likely N-dealkylation sites (N-methyl/N-ethyl adjacent to an activating group) is 1. The summed E-state index contributed by atoms with van der Waals surface area (Å²) in [7, 11) is 3.48. The van der Waals surface area contributed by atoms with Crippen LogP contribution in [0.4, 0.5) is 9.59 Å². The van der Waals surface area contributed by atoms with Gasteiger partial charge in [-0.25, -0.2) is 14.9 Å². The van der Waals surface area contributed by atoms with Crippen LogP contribution in [0, 0.1) is 0 Å². The number of fused-ring (bicyclic) bond motifs is 1. The molecule has 0 unspecified atom stereocenters. The van der Waals surface area contributed by atoms with E-state index in [1.165, 1.54) is 4.57 Å². The molecule has 0 aliphatic heterocycles. The van der Waals surface area contributed by atoms with Crippen molar-refractivity contribution >= 4 is 23.0 Å². The number of hydrogen-bond donors (Lipinski definition) is 1. The van der Waals surface area contributed by atoms with E-state index >= 15 is 0 Å². The summed E-state index contributed by atoms with van der Waals surface area (Å²) in [5.41, 5.74) is 1.06. The summed E-state index contributed by atoms with van der Waals surface area (Å²) in [5, 5.41) is 4.99. The molecule has 1 N–H and O–H groups in total. The first-order chi connectivity index (χ1) is 12.1. The average Bonchev–Trinajstić information content (AvgIpc) is 2.91. The van der Waals surface area contributed by atoms with Crippen LogP contribution in [0.5, 0.6) is 0 Å². The Kier molecular flexibility index (Phi) is 6.05. The zero-order chi connectivity index (χ0) is 19.5. The third-order valence-electron chi connectivity index (χ3n) is 4.05. The highest BCUT2D eigenvalue weighted by Crippen LogP contribution is 2.23. The zero-order valence-corrected chi connectivity index (χ0v) is 16.2. The molecule has 0 aliphatic carbocycles. The van der Waals surface area contributed by atoms with Crippen molar-refractivity contribution in [3.05, 3.63) is 36.0 Å². The first-order valence-electron chi connectivity index (χ1n) is 8.52. The third-order valence-corrected chi connectivity index (χ3v) is 4.05. The number of carbonyl (C=O) groups excluding carboxylic acids is 2. The molecule has 1 aromatic heterocycles. The number of alkyl carbamates (subject to hydrolysis) is 1. The minimum Gasteiger partial charge on any atom is -0.443 e. The lowest BCUT2D eigenvalue weighted by atomic mass is 10.1. The van der Waals surface area contributed by atoms with Crippen LogP contribution in [-0.2, 0) is 16.0 Å². The van der Waals surface area contributed by atoms with Crippen molar-refractivity contribution in [1.82, 2.24) is 14.9 Å². The van der Waals surface area contributed by atoms with Gasteiger partial charge in [-0.05, 0) is 45.7 Å². The number of rotatable bonds is 4. The van der Waals surface area contributed by atoms with E-state index in [4.69, 9.17) is 9.57 Å². The zero-order valence-electron chi connectivity index (χ0n) is 16.2. The first kappa shape index (κ1) is 19.9. The van der Waals surface area contributed by atoms with Crippen molar-refractivity contribution in [2.45, 2.75) is 45.8 Å². The number of benzene rings is 1. The van der Waals surface area contributed by atoms with Gasteiger partial charge in [0.2, 0.25) is 0 Å². The Hall–Kier alpha value is -2.38. The van der Waals surface area contributed by atoms with Gasteiger partial charge in [0.05, 0.1) is 12.6 Å². The molecule has 0 saturated carbocycles. The van der Waals surface area contributed by atoms with Gasteiger partial charge in [-0.15, -0.1) is 0 Å². The molecule has 2 amide bonds. The molecule has 26 heavy (non-hydrogen) atoms. The lowest BCUT2D eigenvalue weighted by molar-refractivity contribution is -0.135. The quantitative estimate of drug-likeness (QED) is 0.843. The van der Waals surface area contributed by atoms with E-state index in [1.807, 2.05) is 38.2 Å². The van der Waals surface area contributed by atoms with Gasteiger partial charge in [-0.1, -0.05) is 18.2 Å². The summed E-state index contributed by atoms with van der Waals surface area (Å²) in [6.07, 6.45) is 1.68. The van der Waals surface area contributed by atoms with E-state index in [9.17, 15) is 9.59 Å². The Morgan fingerprint density at radius 3 is 2.54 bits per heavy atom. The molecule has 7 nitrogen and oxygen atoms in total.